The Bertz CT molecular complexity index is 1040. The van der Waals surface area contributed by atoms with Gasteiger partial charge in [-0.1, -0.05) is 12.1 Å². The highest BCUT2D eigenvalue weighted by atomic mass is 16.5. The summed E-state index contributed by atoms with van der Waals surface area (Å²) in [4.78, 5) is 26.7. The van der Waals surface area contributed by atoms with Crippen LogP contribution in [0.1, 0.15) is 55.5 Å². The van der Waals surface area contributed by atoms with E-state index in [4.69, 9.17) is 4.74 Å². The van der Waals surface area contributed by atoms with Crippen molar-refractivity contribution in [1.29, 1.82) is 0 Å². The van der Waals surface area contributed by atoms with Crippen molar-refractivity contribution in [2.24, 2.45) is 22.7 Å². The summed E-state index contributed by atoms with van der Waals surface area (Å²) in [6.07, 6.45) is 7.28. The number of urea groups is 1. The second-order valence-corrected chi connectivity index (χ2v) is 10.4. The Morgan fingerprint density at radius 2 is 1.71 bits per heavy atom. The number of aromatic nitrogens is 2. The lowest BCUT2D eigenvalue weighted by Gasteiger charge is -2.56. The maximum atomic E-state index is 13.2. The van der Waals surface area contributed by atoms with E-state index in [-0.39, 0.29) is 11.6 Å². The van der Waals surface area contributed by atoms with E-state index in [9.17, 15) is 4.79 Å². The summed E-state index contributed by atoms with van der Waals surface area (Å²) in [5, 5.41) is 9.43. The number of nitrogens with one attached hydrogen (secondary N) is 3. The van der Waals surface area contributed by atoms with Crippen molar-refractivity contribution < 1.29 is 9.53 Å². The van der Waals surface area contributed by atoms with E-state index >= 15 is 0 Å². The molecule has 4 bridgehead atoms. The topological polar surface area (TPSA) is 101 Å². The van der Waals surface area contributed by atoms with Crippen molar-refractivity contribution in [2.75, 3.05) is 12.4 Å². The Hall–Kier alpha value is -3.16. The maximum Gasteiger partial charge on any atom is 0.321 e. The summed E-state index contributed by atoms with van der Waals surface area (Å²) in [7, 11) is 1.64. The third-order valence-corrected chi connectivity index (χ3v) is 7.42. The van der Waals surface area contributed by atoms with Gasteiger partial charge in [-0.25, -0.2) is 19.8 Å². The van der Waals surface area contributed by atoms with Gasteiger partial charge < -0.3 is 10.1 Å². The summed E-state index contributed by atoms with van der Waals surface area (Å²) in [6.45, 7) is 4.21. The Labute approximate surface area is 201 Å². The van der Waals surface area contributed by atoms with E-state index in [1.165, 1.54) is 19.3 Å². The first-order chi connectivity index (χ1) is 16.4. The fourth-order valence-electron chi connectivity index (χ4n) is 6.58. The normalized spacial score (nSPS) is 27.4. The molecule has 1 heterocycles. The van der Waals surface area contributed by atoms with Crippen LogP contribution in [0, 0.1) is 31.6 Å². The number of hydrogen-bond donors (Lipinski definition) is 3. The van der Waals surface area contributed by atoms with Gasteiger partial charge in [-0.15, -0.1) is 0 Å². The fraction of sp³-hybridized carbons (Fsp3) is 0.538. The van der Waals surface area contributed by atoms with Gasteiger partial charge in [-0.2, -0.15) is 0 Å². The smallest absolute Gasteiger partial charge is 0.321 e. The maximum absolute atomic E-state index is 13.2. The number of guanidine groups is 1. The van der Waals surface area contributed by atoms with Crippen LogP contribution in [-0.2, 0) is 6.54 Å². The predicted molar refractivity (Wildman–Crippen MR) is 132 cm³/mol. The Kier molecular flexibility index (Phi) is 6.15. The van der Waals surface area contributed by atoms with Crippen LogP contribution in [-0.4, -0.2) is 34.6 Å². The number of aryl methyl sites for hydroxylation is 2. The van der Waals surface area contributed by atoms with Gasteiger partial charge in [0.1, 0.15) is 5.75 Å². The summed E-state index contributed by atoms with van der Waals surface area (Å²) < 4.78 is 5.32. The van der Waals surface area contributed by atoms with E-state index in [2.05, 4.69) is 30.9 Å². The second-order valence-electron chi connectivity index (χ2n) is 10.4. The van der Waals surface area contributed by atoms with Gasteiger partial charge in [0, 0.05) is 16.9 Å². The highest BCUT2D eigenvalue weighted by Gasteiger charge is 2.51. The first-order valence-electron chi connectivity index (χ1n) is 12.2. The van der Waals surface area contributed by atoms with Gasteiger partial charge in [0.15, 0.2) is 0 Å². The van der Waals surface area contributed by atoms with Crippen LogP contribution < -0.4 is 20.7 Å². The molecule has 6 rings (SSSR count). The van der Waals surface area contributed by atoms with Gasteiger partial charge in [-0.3, -0.25) is 10.6 Å². The van der Waals surface area contributed by atoms with Crippen molar-refractivity contribution in [1.82, 2.24) is 20.6 Å². The van der Waals surface area contributed by atoms with E-state index in [1.54, 1.807) is 7.11 Å². The first kappa shape index (κ1) is 22.6. The number of carbonyl (C=O) groups is 1. The van der Waals surface area contributed by atoms with Crippen molar-refractivity contribution in [3.05, 3.63) is 47.3 Å². The number of methoxy groups -OCH3 is 1. The van der Waals surface area contributed by atoms with Crippen LogP contribution in [0.4, 0.5) is 10.7 Å². The molecule has 1 aromatic carbocycles. The molecule has 0 unspecified atom stereocenters. The zero-order chi connectivity index (χ0) is 23.7. The largest absolute Gasteiger partial charge is 0.497 e. The van der Waals surface area contributed by atoms with Crippen LogP contribution >= 0.6 is 0 Å². The molecule has 34 heavy (non-hydrogen) atoms. The monoisotopic (exact) mass is 462 g/mol. The van der Waals surface area contributed by atoms with Crippen molar-refractivity contribution in [3.8, 4) is 5.75 Å². The molecule has 8 nitrogen and oxygen atoms in total. The van der Waals surface area contributed by atoms with Gasteiger partial charge in [0.05, 0.1) is 13.7 Å². The van der Waals surface area contributed by atoms with Gasteiger partial charge in [-0.05, 0) is 93.9 Å². The lowest BCUT2D eigenvalue weighted by molar-refractivity contribution is -0.0132. The average molecular weight is 463 g/mol. The number of amides is 2. The lowest BCUT2D eigenvalue weighted by Crippen LogP contribution is -2.62. The molecule has 0 aliphatic heterocycles. The molecule has 0 radical (unpaired) electrons. The minimum atomic E-state index is -0.219. The Morgan fingerprint density at radius 3 is 2.32 bits per heavy atom. The average Bonchev–Trinajstić information content (AvgIpc) is 2.75. The first-order valence-corrected chi connectivity index (χ1v) is 12.2. The molecule has 4 saturated carbocycles. The molecule has 0 spiro atoms. The SMILES string of the molecule is COc1cccc(CN=C(NC(=O)NC23CC4CC(CC(C4)C2)C3)Nc2nc(C)cc(C)n2)c1. The van der Waals surface area contributed by atoms with Crippen molar-refractivity contribution >= 4 is 17.9 Å². The van der Waals surface area contributed by atoms with Gasteiger partial charge in [0.2, 0.25) is 11.9 Å². The molecule has 180 valence electrons. The van der Waals surface area contributed by atoms with Crippen molar-refractivity contribution in [3.63, 3.8) is 0 Å². The molecule has 0 atom stereocenters. The molecule has 0 saturated heterocycles. The molecular formula is C26H34N6O2. The molecule has 4 aliphatic carbocycles. The molecular weight excluding hydrogens is 428 g/mol. The molecule has 2 aromatic rings. The van der Waals surface area contributed by atoms with Crippen LogP contribution in [0.2, 0.25) is 0 Å². The minimum Gasteiger partial charge on any atom is -0.497 e. The van der Waals surface area contributed by atoms with Gasteiger partial charge in [0.25, 0.3) is 0 Å². The predicted octanol–water partition coefficient (Wildman–Crippen LogP) is 4.34. The Morgan fingerprint density at radius 1 is 1.06 bits per heavy atom. The number of hydrogen-bond acceptors (Lipinski definition) is 5. The number of ether oxygens (including phenoxy) is 1. The summed E-state index contributed by atoms with van der Waals surface area (Å²) >= 11 is 0. The fourth-order valence-corrected chi connectivity index (χ4v) is 6.58. The van der Waals surface area contributed by atoms with E-state index in [0.29, 0.717) is 18.5 Å². The number of benzene rings is 1. The van der Waals surface area contributed by atoms with Crippen LogP contribution in [0.25, 0.3) is 0 Å². The molecule has 8 heteroatoms. The van der Waals surface area contributed by atoms with Crippen LogP contribution in [0.15, 0.2) is 35.3 Å². The summed E-state index contributed by atoms with van der Waals surface area (Å²) in [5.41, 5.74) is 2.59. The number of nitrogens with zero attached hydrogens (tertiary/aromatic N) is 3. The standard InChI is InChI=1S/C26H34N6O2/c1-16-7-17(2)29-24(28-16)30-23(27-15-18-5-4-6-22(11-18)34-3)31-25(33)32-26-12-19-8-20(13-26)10-21(9-19)14-26/h4-7,11,19-21H,8-10,12-15H2,1-3H3,(H3,27,28,29,30,31,32,33). The van der Waals surface area contributed by atoms with Gasteiger partial charge >= 0.3 is 6.03 Å². The van der Waals surface area contributed by atoms with Crippen LogP contribution in [0.5, 0.6) is 5.75 Å². The zero-order valence-corrected chi connectivity index (χ0v) is 20.2. The molecule has 1 aromatic heterocycles. The van der Waals surface area contributed by atoms with Crippen LogP contribution in [0.3, 0.4) is 0 Å². The number of rotatable bonds is 5. The number of carbonyl (C=O) groups excluding carboxylic acids is 1. The third kappa shape index (κ3) is 5.16. The number of aliphatic imine (C=N–C) groups is 1. The summed E-state index contributed by atoms with van der Waals surface area (Å²) in [5.74, 6) is 3.79. The Balaban J connectivity index is 1.32. The van der Waals surface area contributed by atoms with Crippen molar-refractivity contribution in [2.45, 2.75) is 64.5 Å². The molecule has 4 fully saturated rings. The van der Waals surface area contributed by atoms with E-state index in [1.807, 2.05) is 44.2 Å². The molecule has 2 amide bonds. The highest BCUT2D eigenvalue weighted by Crippen LogP contribution is 2.55. The molecule has 4 aliphatic rings. The van der Waals surface area contributed by atoms with E-state index in [0.717, 1.165) is 59.7 Å². The highest BCUT2D eigenvalue weighted by molar-refractivity contribution is 6.03. The third-order valence-electron chi connectivity index (χ3n) is 7.42. The zero-order valence-electron chi connectivity index (χ0n) is 20.2. The quantitative estimate of drug-likeness (QED) is 0.453. The van der Waals surface area contributed by atoms with E-state index < -0.39 is 0 Å². The molecule has 3 N–H and O–H groups in total. The summed E-state index contributed by atoms with van der Waals surface area (Å²) in [6, 6.07) is 9.43. The second kappa shape index (κ2) is 9.24. The lowest BCUT2D eigenvalue weighted by atomic mass is 9.53. The minimum absolute atomic E-state index is 0.0762. The number of anilines is 1.